The topological polar surface area (TPSA) is 33.3 Å². The van der Waals surface area contributed by atoms with E-state index >= 15 is 0 Å². The molecule has 2 aromatic rings. The number of halogens is 1. The summed E-state index contributed by atoms with van der Waals surface area (Å²) in [6.07, 6.45) is 1.01. The summed E-state index contributed by atoms with van der Waals surface area (Å²) >= 11 is 13.2. The lowest BCUT2D eigenvalue weighted by molar-refractivity contribution is 0.414. The molecule has 0 saturated heterocycles. The standard InChI is InChI=1S/C17H19ClN2OS2/c1-21-13-7-9-14(10-8-13)23-12-4-11-19-17(22)20-16-6-3-2-5-15(16)18/h2-3,5-10H,4,11-12H2,1H3,(H2,19,20,22). The molecule has 0 aliphatic heterocycles. The van der Waals surface area contributed by atoms with Gasteiger partial charge in [-0.2, -0.15) is 0 Å². The number of benzene rings is 2. The third-order valence-corrected chi connectivity index (χ3v) is 4.73. The van der Waals surface area contributed by atoms with Crippen LogP contribution in [0.15, 0.2) is 53.4 Å². The molecule has 0 bridgehead atoms. The number of thioether (sulfide) groups is 1. The number of thiocarbonyl (C=S) groups is 1. The molecule has 3 nitrogen and oxygen atoms in total. The molecule has 122 valence electrons. The first-order valence-corrected chi connectivity index (χ1v) is 9.02. The van der Waals surface area contributed by atoms with E-state index in [1.807, 2.05) is 48.2 Å². The van der Waals surface area contributed by atoms with E-state index in [-0.39, 0.29) is 0 Å². The first-order chi connectivity index (χ1) is 11.2. The molecule has 0 spiro atoms. The molecule has 0 aromatic heterocycles. The molecule has 0 radical (unpaired) electrons. The van der Waals surface area contributed by atoms with Crippen LogP contribution >= 0.6 is 35.6 Å². The highest BCUT2D eigenvalue weighted by Crippen LogP contribution is 2.22. The van der Waals surface area contributed by atoms with Gasteiger partial charge in [-0.1, -0.05) is 23.7 Å². The van der Waals surface area contributed by atoms with E-state index in [2.05, 4.69) is 22.8 Å². The number of hydrogen-bond donors (Lipinski definition) is 2. The fraction of sp³-hybridized carbons (Fsp3) is 0.235. The molecule has 0 fully saturated rings. The number of methoxy groups -OCH3 is 1. The van der Waals surface area contributed by atoms with Crippen molar-refractivity contribution in [2.45, 2.75) is 11.3 Å². The largest absolute Gasteiger partial charge is 0.497 e. The molecule has 2 N–H and O–H groups in total. The second-order valence-electron chi connectivity index (χ2n) is 4.74. The van der Waals surface area contributed by atoms with Crippen LogP contribution < -0.4 is 15.4 Å². The van der Waals surface area contributed by atoms with Gasteiger partial charge >= 0.3 is 0 Å². The van der Waals surface area contributed by atoms with E-state index in [4.69, 9.17) is 28.6 Å². The molecule has 0 unspecified atom stereocenters. The first kappa shape index (κ1) is 17.9. The Bertz CT molecular complexity index is 635. The summed E-state index contributed by atoms with van der Waals surface area (Å²) in [5.41, 5.74) is 0.819. The Morgan fingerprint density at radius 3 is 2.61 bits per heavy atom. The van der Waals surface area contributed by atoms with E-state index in [1.165, 1.54) is 4.90 Å². The lowest BCUT2D eigenvalue weighted by Crippen LogP contribution is -2.29. The summed E-state index contributed by atoms with van der Waals surface area (Å²) in [5.74, 6) is 1.90. The predicted molar refractivity (Wildman–Crippen MR) is 104 cm³/mol. The van der Waals surface area contributed by atoms with Crippen molar-refractivity contribution >= 4 is 46.4 Å². The minimum atomic E-state index is 0.590. The van der Waals surface area contributed by atoms with Crippen LogP contribution in [0.5, 0.6) is 5.75 Å². The van der Waals surface area contributed by atoms with Crippen molar-refractivity contribution in [2.75, 3.05) is 24.7 Å². The van der Waals surface area contributed by atoms with E-state index in [9.17, 15) is 0 Å². The van der Waals surface area contributed by atoms with E-state index in [0.717, 1.165) is 30.2 Å². The molecule has 0 aliphatic carbocycles. The van der Waals surface area contributed by atoms with Gasteiger partial charge < -0.3 is 15.4 Å². The molecule has 6 heteroatoms. The molecule has 2 aromatic carbocycles. The zero-order valence-corrected chi connectivity index (χ0v) is 15.2. The zero-order chi connectivity index (χ0) is 16.5. The van der Waals surface area contributed by atoms with Crippen molar-refractivity contribution in [2.24, 2.45) is 0 Å². The highest BCUT2D eigenvalue weighted by molar-refractivity contribution is 7.99. The summed E-state index contributed by atoms with van der Waals surface area (Å²) in [6.45, 7) is 0.819. The Labute approximate surface area is 151 Å². The smallest absolute Gasteiger partial charge is 0.170 e. The van der Waals surface area contributed by atoms with Gasteiger partial charge in [0.1, 0.15) is 5.75 Å². The molecule has 0 amide bonds. The van der Waals surface area contributed by atoms with Gasteiger partial charge in [0.05, 0.1) is 17.8 Å². The monoisotopic (exact) mass is 366 g/mol. The van der Waals surface area contributed by atoms with Gasteiger partial charge in [0.25, 0.3) is 0 Å². The van der Waals surface area contributed by atoms with Gasteiger partial charge in [-0.3, -0.25) is 0 Å². The second kappa shape index (κ2) is 9.65. The number of hydrogen-bond acceptors (Lipinski definition) is 3. The Kier molecular flexibility index (Phi) is 7.52. The van der Waals surface area contributed by atoms with Gasteiger partial charge in [0.2, 0.25) is 0 Å². The third-order valence-electron chi connectivity index (χ3n) is 3.06. The first-order valence-electron chi connectivity index (χ1n) is 7.25. The minimum absolute atomic E-state index is 0.590. The van der Waals surface area contributed by atoms with Crippen LogP contribution in [0, 0.1) is 0 Å². The highest BCUT2D eigenvalue weighted by Gasteiger charge is 2.01. The molecule has 2 rings (SSSR count). The van der Waals surface area contributed by atoms with Crippen molar-refractivity contribution in [3.05, 3.63) is 53.6 Å². The molecule has 0 saturated carbocycles. The lowest BCUT2D eigenvalue weighted by Gasteiger charge is -2.11. The maximum atomic E-state index is 6.08. The van der Waals surface area contributed by atoms with E-state index in [0.29, 0.717) is 10.1 Å². The maximum Gasteiger partial charge on any atom is 0.170 e. The quantitative estimate of drug-likeness (QED) is 0.417. The third kappa shape index (κ3) is 6.29. The normalized spacial score (nSPS) is 10.2. The van der Waals surface area contributed by atoms with Crippen LogP contribution in [0.4, 0.5) is 5.69 Å². The van der Waals surface area contributed by atoms with Crippen LogP contribution in [0.2, 0.25) is 5.02 Å². The Morgan fingerprint density at radius 1 is 1.17 bits per heavy atom. The highest BCUT2D eigenvalue weighted by atomic mass is 35.5. The van der Waals surface area contributed by atoms with Gasteiger partial charge in [-0.15, -0.1) is 11.8 Å². The van der Waals surface area contributed by atoms with Crippen LogP contribution in [-0.4, -0.2) is 24.5 Å². The van der Waals surface area contributed by atoms with Crippen molar-refractivity contribution in [3.8, 4) is 5.75 Å². The fourth-order valence-corrected chi connectivity index (χ4v) is 3.11. The summed E-state index contributed by atoms with van der Waals surface area (Å²) < 4.78 is 5.15. The fourth-order valence-electron chi connectivity index (χ4n) is 1.87. The van der Waals surface area contributed by atoms with Crippen LogP contribution in [-0.2, 0) is 0 Å². The average Bonchev–Trinajstić information content (AvgIpc) is 2.57. The SMILES string of the molecule is COc1ccc(SCCCNC(=S)Nc2ccccc2Cl)cc1. The van der Waals surface area contributed by atoms with Crippen molar-refractivity contribution in [3.63, 3.8) is 0 Å². The summed E-state index contributed by atoms with van der Waals surface area (Å²) in [5, 5.41) is 7.54. The molecular weight excluding hydrogens is 348 g/mol. The number of anilines is 1. The summed E-state index contributed by atoms with van der Waals surface area (Å²) in [6, 6.07) is 15.6. The van der Waals surface area contributed by atoms with E-state index in [1.54, 1.807) is 7.11 Å². The average molecular weight is 367 g/mol. The van der Waals surface area contributed by atoms with Crippen LogP contribution in [0.25, 0.3) is 0 Å². The van der Waals surface area contributed by atoms with E-state index < -0.39 is 0 Å². The van der Waals surface area contributed by atoms with Crippen molar-refractivity contribution in [1.29, 1.82) is 0 Å². The van der Waals surface area contributed by atoms with Gasteiger partial charge in [-0.05, 0) is 60.8 Å². The number of rotatable bonds is 7. The Balaban J connectivity index is 1.63. The lowest BCUT2D eigenvalue weighted by atomic mass is 10.3. The van der Waals surface area contributed by atoms with Gasteiger partial charge in [-0.25, -0.2) is 0 Å². The summed E-state index contributed by atoms with van der Waals surface area (Å²) in [4.78, 5) is 1.24. The second-order valence-corrected chi connectivity index (χ2v) is 6.72. The van der Waals surface area contributed by atoms with Crippen LogP contribution in [0.3, 0.4) is 0 Å². The molecule has 23 heavy (non-hydrogen) atoms. The Morgan fingerprint density at radius 2 is 1.91 bits per heavy atom. The van der Waals surface area contributed by atoms with Crippen LogP contribution in [0.1, 0.15) is 6.42 Å². The minimum Gasteiger partial charge on any atom is -0.497 e. The maximum absolute atomic E-state index is 6.08. The molecule has 0 atom stereocenters. The molecule has 0 aliphatic rings. The predicted octanol–water partition coefficient (Wildman–Crippen LogP) is 4.82. The number of para-hydroxylation sites is 1. The van der Waals surface area contributed by atoms with Gasteiger partial charge in [0, 0.05) is 11.4 Å². The van der Waals surface area contributed by atoms with Crippen molar-refractivity contribution < 1.29 is 4.74 Å². The van der Waals surface area contributed by atoms with Gasteiger partial charge in [0.15, 0.2) is 5.11 Å². The molecule has 0 heterocycles. The summed E-state index contributed by atoms with van der Waals surface area (Å²) in [7, 11) is 1.67. The molecular formula is C17H19ClN2OS2. The zero-order valence-electron chi connectivity index (χ0n) is 12.8. The number of nitrogens with one attached hydrogen (secondary N) is 2. The Hall–Kier alpha value is -1.43. The number of ether oxygens (including phenoxy) is 1. The van der Waals surface area contributed by atoms with Crippen molar-refractivity contribution in [1.82, 2.24) is 5.32 Å².